The smallest absolute Gasteiger partial charge is 0.236 e. The highest BCUT2D eigenvalue weighted by molar-refractivity contribution is 6.30. The van der Waals surface area contributed by atoms with E-state index in [2.05, 4.69) is 5.32 Å². The lowest BCUT2D eigenvalue weighted by atomic mass is 10.1. The summed E-state index contributed by atoms with van der Waals surface area (Å²) < 4.78 is 13.2. The van der Waals surface area contributed by atoms with Crippen LogP contribution in [0.15, 0.2) is 18.2 Å². The van der Waals surface area contributed by atoms with Gasteiger partial charge in [-0.25, -0.2) is 4.39 Å². The molecule has 0 aromatic heterocycles. The van der Waals surface area contributed by atoms with Gasteiger partial charge in [0.25, 0.3) is 0 Å². The Balaban J connectivity index is 1.96. The summed E-state index contributed by atoms with van der Waals surface area (Å²) in [7, 11) is 1.89. The third-order valence-corrected chi connectivity index (χ3v) is 4.23. The van der Waals surface area contributed by atoms with Gasteiger partial charge in [0, 0.05) is 32.2 Å². The van der Waals surface area contributed by atoms with Gasteiger partial charge in [-0.3, -0.25) is 9.69 Å². The number of nitrogens with zero attached hydrogens (tertiary/aromatic N) is 2. The van der Waals surface area contributed by atoms with Crippen LogP contribution < -0.4 is 5.32 Å². The summed E-state index contributed by atoms with van der Waals surface area (Å²) in [4.78, 5) is 16.1. The summed E-state index contributed by atoms with van der Waals surface area (Å²) in [6.45, 7) is 5.52. The fourth-order valence-corrected chi connectivity index (χ4v) is 2.58. The number of halogens is 2. The number of hydrogen-bond acceptors (Lipinski definition) is 3. The molecule has 1 N–H and O–H groups in total. The highest BCUT2D eigenvalue weighted by Crippen LogP contribution is 2.24. The predicted octanol–water partition coefficient (Wildman–Crippen LogP) is 1.90. The minimum Gasteiger partial charge on any atom is -0.339 e. The van der Waals surface area contributed by atoms with Crippen LogP contribution in [0.4, 0.5) is 4.39 Å². The summed E-state index contributed by atoms with van der Waals surface area (Å²) in [6, 6.07) is 4.68. The van der Waals surface area contributed by atoms with E-state index in [4.69, 9.17) is 11.6 Å². The molecule has 1 saturated heterocycles. The Morgan fingerprint density at radius 1 is 1.48 bits per heavy atom. The Bertz CT molecular complexity index is 506. The molecule has 0 spiro atoms. The standard InChI is InChI=1S/C15H21ClFN3O/c1-11(12-3-4-14(17)13(16)9-12)19(2)10-15(21)20-7-5-18-6-8-20/h3-4,9,11,18H,5-8,10H2,1-2H3. The van der Waals surface area contributed by atoms with Crippen molar-refractivity contribution in [2.75, 3.05) is 39.8 Å². The Hall–Kier alpha value is -1.17. The second kappa shape index (κ2) is 7.20. The first kappa shape index (κ1) is 16.2. The van der Waals surface area contributed by atoms with Gasteiger partial charge >= 0.3 is 0 Å². The summed E-state index contributed by atoms with van der Waals surface area (Å²) in [5.41, 5.74) is 0.900. The molecular weight excluding hydrogens is 293 g/mol. The fraction of sp³-hybridized carbons (Fsp3) is 0.533. The van der Waals surface area contributed by atoms with Crippen molar-refractivity contribution in [2.24, 2.45) is 0 Å². The van der Waals surface area contributed by atoms with E-state index in [1.807, 2.05) is 23.8 Å². The van der Waals surface area contributed by atoms with E-state index in [9.17, 15) is 9.18 Å². The topological polar surface area (TPSA) is 35.6 Å². The van der Waals surface area contributed by atoms with Crippen LogP contribution in [-0.4, -0.2) is 55.5 Å². The van der Waals surface area contributed by atoms with Gasteiger partial charge in [0.2, 0.25) is 5.91 Å². The first-order valence-electron chi connectivity index (χ1n) is 7.12. The van der Waals surface area contributed by atoms with Crippen molar-refractivity contribution in [3.8, 4) is 0 Å². The molecule has 1 aliphatic rings. The molecule has 0 aliphatic carbocycles. The number of likely N-dealkylation sites (N-methyl/N-ethyl adjacent to an activating group) is 1. The molecule has 1 aromatic carbocycles. The molecule has 0 saturated carbocycles. The maximum atomic E-state index is 13.2. The summed E-state index contributed by atoms with van der Waals surface area (Å²) in [5.74, 6) is -0.300. The monoisotopic (exact) mass is 313 g/mol. The summed E-state index contributed by atoms with van der Waals surface area (Å²) >= 11 is 5.81. The van der Waals surface area contributed by atoms with Crippen LogP contribution in [-0.2, 0) is 4.79 Å². The highest BCUT2D eigenvalue weighted by atomic mass is 35.5. The number of carbonyl (C=O) groups excluding carboxylic acids is 1. The second-order valence-corrected chi connectivity index (χ2v) is 5.80. The first-order valence-corrected chi connectivity index (χ1v) is 7.50. The number of rotatable bonds is 4. The van der Waals surface area contributed by atoms with Crippen molar-refractivity contribution in [1.29, 1.82) is 0 Å². The van der Waals surface area contributed by atoms with Crippen LogP contribution in [0.3, 0.4) is 0 Å². The Labute approximate surface area is 129 Å². The zero-order valence-electron chi connectivity index (χ0n) is 12.4. The fourth-order valence-electron chi connectivity index (χ4n) is 2.39. The third-order valence-electron chi connectivity index (χ3n) is 3.94. The Kier molecular flexibility index (Phi) is 5.56. The van der Waals surface area contributed by atoms with Crippen LogP contribution in [0.5, 0.6) is 0 Å². The van der Waals surface area contributed by atoms with Crippen LogP contribution in [0, 0.1) is 5.82 Å². The number of hydrogen-bond donors (Lipinski definition) is 1. The number of nitrogens with one attached hydrogen (secondary N) is 1. The molecule has 1 fully saturated rings. The largest absolute Gasteiger partial charge is 0.339 e. The van der Waals surface area contributed by atoms with Gasteiger partial charge in [-0.15, -0.1) is 0 Å². The molecule has 1 aliphatic heterocycles. The minimum atomic E-state index is -0.424. The average Bonchev–Trinajstić information content (AvgIpc) is 2.50. The zero-order chi connectivity index (χ0) is 15.4. The Morgan fingerprint density at radius 2 is 2.14 bits per heavy atom. The number of amides is 1. The highest BCUT2D eigenvalue weighted by Gasteiger charge is 2.21. The number of benzene rings is 1. The summed E-state index contributed by atoms with van der Waals surface area (Å²) in [6.07, 6.45) is 0. The van der Waals surface area contributed by atoms with E-state index < -0.39 is 5.82 Å². The van der Waals surface area contributed by atoms with Crippen molar-refractivity contribution in [3.05, 3.63) is 34.6 Å². The lowest BCUT2D eigenvalue weighted by Gasteiger charge is -2.31. The number of carbonyl (C=O) groups is 1. The van der Waals surface area contributed by atoms with Crippen LogP contribution in [0.1, 0.15) is 18.5 Å². The zero-order valence-corrected chi connectivity index (χ0v) is 13.2. The molecule has 116 valence electrons. The van der Waals surface area contributed by atoms with E-state index in [-0.39, 0.29) is 17.0 Å². The summed E-state index contributed by atoms with van der Waals surface area (Å²) in [5, 5.41) is 3.34. The minimum absolute atomic E-state index is 0.00466. The molecule has 1 unspecified atom stereocenters. The molecule has 1 atom stereocenters. The predicted molar refractivity (Wildman–Crippen MR) is 81.9 cm³/mol. The normalized spacial score (nSPS) is 17.1. The van der Waals surface area contributed by atoms with Gasteiger partial charge in [0.1, 0.15) is 5.82 Å². The quantitative estimate of drug-likeness (QED) is 0.922. The molecule has 2 rings (SSSR count). The van der Waals surface area contributed by atoms with Gasteiger partial charge < -0.3 is 10.2 Å². The molecule has 0 bridgehead atoms. The van der Waals surface area contributed by atoms with Crippen LogP contribution in [0.2, 0.25) is 5.02 Å². The van der Waals surface area contributed by atoms with Gasteiger partial charge in [0.05, 0.1) is 11.6 Å². The second-order valence-electron chi connectivity index (χ2n) is 5.40. The van der Waals surface area contributed by atoms with Crippen LogP contribution >= 0.6 is 11.6 Å². The maximum Gasteiger partial charge on any atom is 0.236 e. The van der Waals surface area contributed by atoms with Crippen molar-refractivity contribution in [3.63, 3.8) is 0 Å². The van der Waals surface area contributed by atoms with Gasteiger partial charge in [-0.2, -0.15) is 0 Å². The van der Waals surface area contributed by atoms with Gasteiger partial charge in [0.15, 0.2) is 0 Å². The van der Waals surface area contributed by atoms with E-state index in [0.717, 1.165) is 31.7 Å². The lowest BCUT2D eigenvalue weighted by molar-refractivity contribution is -0.133. The molecule has 1 heterocycles. The molecule has 6 heteroatoms. The van der Waals surface area contributed by atoms with Crippen LogP contribution in [0.25, 0.3) is 0 Å². The van der Waals surface area contributed by atoms with Crippen molar-refractivity contribution >= 4 is 17.5 Å². The molecular formula is C15H21ClFN3O. The van der Waals surface area contributed by atoms with E-state index in [1.54, 1.807) is 12.1 Å². The average molecular weight is 314 g/mol. The molecule has 1 aromatic rings. The van der Waals surface area contributed by atoms with Gasteiger partial charge in [-0.1, -0.05) is 17.7 Å². The molecule has 21 heavy (non-hydrogen) atoms. The van der Waals surface area contributed by atoms with Crippen molar-refractivity contribution < 1.29 is 9.18 Å². The maximum absolute atomic E-state index is 13.2. The van der Waals surface area contributed by atoms with E-state index in [0.29, 0.717) is 6.54 Å². The van der Waals surface area contributed by atoms with Crippen molar-refractivity contribution in [2.45, 2.75) is 13.0 Å². The Morgan fingerprint density at radius 3 is 2.76 bits per heavy atom. The lowest BCUT2D eigenvalue weighted by Crippen LogP contribution is -2.49. The molecule has 4 nitrogen and oxygen atoms in total. The SMILES string of the molecule is CC(c1ccc(F)c(Cl)c1)N(C)CC(=O)N1CCNCC1. The number of piperazine rings is 1. The van der Waals surface area contributed by atoms with Gasteiger partial charge in [-0.05, 0) is 31.7 Å². The first-order chi connectivity index (χ1) is 9.99. The molecule has 0 radical (unpaired) electrons. The van der Waals surface area contributed by atoms with E-state index in [1.165, 1.54) is 6.07 Å². The third kappa shape index (κ3) is 4.15. The molecule has 1 amide bonds. The van der Waals surface area contributed by atoms with E-state index >= 15 is 0 Å². The van der Waals surface area contributed by atoms with Crippen molar-refractivity contribution in [1.82, 2.24) is 15.1 Å².